The van der Waals surface area contributed by atoms with Gasteiger partial charge in [0, 0.05) is 11.8 Å². The van der Waals surface area contributed by atoms with Gasteiger partial charge in [0.05, 0.1) is 0 Å². The molecule has 0 saturated heterocycles. The predicted octanol–water partition coefficient (Wildman–Crippen LogP) is 2.29. The summed E-state index contributed by atoms with van der Waals surface area (Å²) in [7, 11) is 0. The van der Waals surface area contributed by atoms with Crippen molar-refractivity contribution in [1.82, 2.24) is 0 Å². The second-order valence-corrected chi connectivity index (χ2v) is 5.18. The minimum absolute atomic E-state index is 0.0490. The molecule has 0 fully saturated rings. The van der Waals surface area contributed by atoms with Crippen molar-refractivity contribution in [2.75, 3.05) is 18.5 Å². The molecule has 0 aliphatic carbocycles. The highest BCUT2D eigenvalue weighted by atomic mass is 19.1. The SMILES string of the molecule is O=C(COC(=O)C1COc2ccccc2O1)Nc1cc(F)cc(F)c1. The lowest BCUT2D eigenvalue weighted by Gasteiger charge is -2.24. The van der Waals surface area contributed by atoms with E-state index in [9.17, 15) is 18.4 Å². The van der Waals surface area contributed by atoms with E-state index in [0.717, 1.165) is 12.1 Å². The summed E-state index contributed by atoms with van der Waals surface area (Å²) in [6.45, 7) is -0.676. The molecule has 1 aliphatic heterocycles. The van der Waals surface area contributed by atoms with Gasteiger partial charge < -0.3 is 19.5 Å². The Kier molecular flexibility index (Phi) is 4.78. The number of anilines is 1. The van der Waals surface area contributed by atoms with Gasteiger partial charge in [0.1, 0.15) is 18.2 Å². The smallest absolute Gasteiger partial charge is 0.351 e. The number of ether oxygens (including phenoxy) is 3. The first-order valence-corrected chi connectivity index (χ1v) is 7.32. The Hall–Kier alpha value is -3.16. The largest absolute Gasteiger partial charge is 0.485 e. The summed E-state index contributed by atoms with van der Waals surface area (Å²) >= 11 is 0. The zero-order valence-corrected chi connectivity index (χ0v) is 12.8. The third-order valence-corrected chi connectivity index (χ3v) is 3.26. The van der Waals surface area contributed by atoms with Crippen LogP contribution in [0.2, 0.25) is 0 Å². The number of esters is 1. The summed E-state index contributed by atoms with van der Waals surface area (Å²) in [5, 5.41) is 2.23. The van der Waals surface area contributed by atoms with Gasteiger partial charge in [0.25, 0.3) is 5.91 Å². The molecule has 2 aromatic carbocycles. The summed E-state index contributed by atoms with van der Waals surface area (Å²) in [5.74, 6) is -2.28. The molecular weight excluding hydrogens is 336 g/mol. The zero-order chi connectivity index (χ0) is 17.8. The van der Waals surface area contributed by atoms with Crippen molar-refractivity contribution in [3.8, 4) is 11.5 Å². The predicted molar refractivity (Wildman–Crippen MR) is 82.3 cm³/mol. The molecule has 0 radical (unpaired) electrons. The molecule has 0 bridgehead atoms. The van der Waals surface area contributed by atoms with Crippen molar-refractivity contribution in [2.24, 2.45) is 0 Å². The molecule has 8 heteroatoms. The van der Waals surface area contributed by atoms with E-state index in [4.69, 9.17) is 14.2 Å². The fourth-order valence-electron chi connectivity index (χ4n) is 2.19. The quantitative estimate of drug-likeness (QED) is 0.858. The van der Waals surface area contributed by atoms with Gasteiger partial charge in [0.2, 0.25) is 6.10 Å². The first-order chi connectivity index (χ1) is 12.0. The number of hydrogen-bond acceptors (Lipinski definition) is 5. The number of halogens is 2. The van der Waals surface area contributed by atoms with Crippen molar-refractivity contribution in [2.45, 2.75) is 6.10 Å². The van der Waals surface area contributed by atoms with E-state index in [-0.39, 0.29) is 12.3 Å². The van der Waals surface area contributed by atoms with Crippen LogP contribution in [-0.2, 0) is 14.3 Å². The number of rotatable bonds is 4. The summed E-state index contributed by atoms with van der Waals surface area (Å²) in [4.78, 5) is 23.7. The van der Waals surface area contributed by atoms with Crippen LogP contribution in [0.4, 0.5) is 14.5 Å². The van der Waals surface area contributed by atoms with Gasteiger partial charge in [-0.25, -0.2) is 13.6 Å². The molecule has 1 unspecified atom stereocenters. The second-order valence-electron chi connectivity index (χ2n) is 5.18. The van der Waals surface area contributed by atoms with Crippen molar-refractivity contribution >= 4 is 17.6 Å². The molecule has 25 heavy (non-hydrogen) atoms. The summed E-state index contributed by atoms with van der Waals surface area (Å²) in [5.41, 5.74) is -0.0790. The second kappa shape index (κ2) is 7.16. The summed E-state index contributed by atoms with van der Waals surface area (Å²) < 4.78 is 41.8. The average Bonchev–Trinajstić information content (AvgIpc) is 2.58. The molecule has 0 saturated carbocycles. The van der Waals surface area contributed by atoms with Gasteiger partial charge in [-0.05, 0) is 24.3 Å². The van der Waals surface area contributed by atoms with E-state index in [2.05, 4.69) is 5.32 Å². The fourth-order valence-corrected chi connectivity index (χ4v) is 2.19. The number of amides is 1. The third-order valence-electron chi connectivity index (χ3n) is 3.26. The maximum absolute atomic E-state index is 13.0. The van der Waals surface area contributed by atoms with E-state index in [0.29, 0.717) is 17.6 Å². The lowest BCUT2D eigenvalue weighted by molar-refractivity contribution is -0.156. The number of carbonyl (C=O) groups is 2. The van der Waals surface area contributed by atoms with Crippen molar-refractivity contribution in [1.29, 1.82) is 0 Å². The van der Waals surface area contributed by atoms with Gasteiger partial charge in [-0.15, -0.1) is 0 Å². The molecular formula is C17H13F2NO5. The van der Waals surface area contributed by atoms with E-state index in [1.54, 1.807) is 24.3 Å². The Morgan fingerprint density at radius 3 is 2.52 bits per heavy atom. The number of benzene rings is 2. The average molecular weight is 349 g/mol. The van der Waals surface area contributed by atoms with E-state index >= 15 is 0 Å². The fraction of sp³-hybridized carbons (Fsp3) is 0.176. The summed E-state index contributed by atoms with van der Waals surface area (Å²) in [6.07, 6.45) is -1.01. The normalized spacial score (nSPS) is 15.4. The minimum Gasteiger partial charge on any atom is -0.485 e. The Bertz CT molecular complexity index is 791. The zero-order valence-electron chi connectivity index (χ0n) is 12.8. The number of nitrogens with one attached hydrogen (secondary N) is 1. The van der Waals surface area contributed by atoms with Crippen LogP contribution in [0.3, 0.4) is 0 Å². The van der Waals surface area contributed by atoms with Crippen molar-refractivity contribution in [3.63, 3.8) is 0 Å². The summed E-state index contributed by atoms with van der Waals surface area (Å²) in [6, 6.07) is 9.38. The molecule has 1 heterocycles. The Labute approximate surface area is 141 Å². The van der Waals surface area contributed by atoms with Crippen LogP contribution in [0.25, 0.3) is 0 Å². The Morgan fingerprint density at radius 1 is 1.12 bits per heavy atom. The molecule has 2 aromatic rings. The van der Waals surface area contributed by atoms with E-state index in [1.807, 2.05) is 0 Å². The van der Waals surface area contributed by atoms with Crippen LogP contribution >= 0.6 is 0 Å². The maximum atomic E-state index is 13.0. The number of hydrogen-bond donors (Lipinski definition) is 1. The number of carbonyl (C=O) groups excluding carboxylic acids is 2. The van der Waals surface area contributed by atoms with Gasteiger partial charge >= 0.3 is 5.97 Å². The third kappa shape index (κ3) is 4.23. The molecule has 0 aromatic heterocycles. The minimum atomic E-state index is -1.01. The van der Waals surface area contributed by atoms with Crippen LogP contribution < -0.4 is 14.8 Å². The van der Waals surface area contributed by atoms with E-state index in [1.165, 1.54) is 0 Å². The van der Waals surface area contributed by atoms with Gasteiger partial charge in [0.15, 0.2) is 18.1 Å². The Morgan fingerprint density at radius 2 is 1.80 bits per heavy atom. The lowest BCUT2D eigenvalue weighted by atomic mass is 10.2. The number of fused-ring (bicyclic) bond motifs is 1. The topological polar surface area (TPSA) is 73.9 Å². The molecule has 1 amide bonds. The van der Waals surface area contributed by atoms with Crippen LogP contribution in [0.1, 0.15) is 0 Å². The van der Waals surface area contributed by atoms with Crippen LogP contribution in [0.15, 0.2) is 42.5 Å². The highest BCUT2D eigenvalue weighted by molar-refractivity contribution is 5.93. The van der Waals surface area contributed by atoms with E-state index < -0.39 is 36.2 Å². The number of para-hydroxylation sites is 2. The molecule has 6 nitrogen and oxygen atoms in total. The van der Waals surface area contributed by atoms with Gasteiger partial charge in [-0.2, -0.15) is 0 Å². The molecule has 1 atom stereocenters. The highest BCUT2D eigenvalue weighted by Crippen LogP contribution is 2.31. The van der Waals surface area contributed by atoms with Crippen LogP contribution in [-0.4, -0.2) is 31.2 Å². The molecule has 1 aliphatic rings. The Balaban J connectivity index is 1.51. The highest BCUT2D eigenvalue weighted by Gasteiger charge is 2.29. The van der Waals surface area contributed by atoms with Gasteiger partial charge in [-0.1, -0.05) is 12.1 Å². The molecule has 130 valence electrons. The monoisotopic (exact) mass is 349 g/mol. The van der Waals surface area contributed by atoms with Crippen LogP contribution in [0.5, 0.6) is 11.5 Å². The molecule has 3 rings (SSSR count). The first kappa shape index (κ1) is 16.7. The lowest BCUT2D eigenvalue weighted by Crippen LogP contribution is -2.39. The first-order valence-electron chi connectivity index (χ1n) is 7.32. The molecule has 0 spiro atoms. The molecule has 1 N–H and O–H groups in total. The maximum Gasteiger partial charge on any atom is 0.351 e. The van der Waals surface area contributed by atoms with Crippen molar-refractivity contribution in [3.05, 3.63) is 54.1 Å². The standard InChI is InChI=1S/C17H13F2NO5/c18-10-5-11(19)7-12(6-10)20-16(21)9-24-17(22)15-8-23-13-3-1-2-4-14(13)25-15/h1-7,15H,8-9H2,(H,20,21). The van der Waals surface area contributed by atoms with Gasteiger partial charge in [-0.3, -0.25) is 4.79 Å². The van der Waals surface area contributed by atoms with Crippen LogP contribution in [0, 0.1) is 11.6 Å². The van der Waals surface area contributed by atoms with Crippen molar-refractivity contribution < 1.29 is 32.6 Å².